The number of hydrogen-bond donors (Lipinski definition) is 1. The van der Waals surface area contributed by atoms with Crippen LogP contribution in [0.2, 0.25) is 0 Å². The number of aromatic amines is 1. The van der Waals surface area contributed by atoms with E-state index in [1.807, 2.05) is 53.4 Å². The topological polar surface area (TPSA) is 54.6 Å². The Kier molecular flexibility index (Phi) is 5.01. The summed E-state index contributed by atoms with van der Waals surface area (Å²) < 4.78 is 10.9. The molecule has 1 aromatic heterocycles. The van der Waals surface area contributed by atoms with Crippen LogP contribution in [0.25, 0.3) is 10.9 Å². The summed E-state index contributed by atoms with van der Waals surface area (Å²) in [6.07, 6.45) is 2.08. The van der Waals surface area contributed by atoms with Crippen LogP contribution in [0.1, 0.15) is 24.5 Å². The van der Waals surface area contributed by atoms with Gasteiger partial charge in [-0.15, -0.1) is 0 Å². The van der Waals surface area contributed by atoms with Gasteiger partial charge in [0.05, 0.1) is 7.11 Å². The first-order valence-corrected chi connectivity index (χ1v) is 9.35. The molecule has 3 aromatic rings. The van der Waals surface area contributed by atoms with E-state index < -0.39 is 0 Å². The van der Waals surface area contributed by atoms with Gasteiger partial charge in [-0.1, -0.05) is 18.2 Å². The summed E-state index contributed by atoms with van der Waals surface area (Å²) in [5, 5.41) is 1.14. The number of methoxy groups -OCH3 is 1. The summed E-state index contributed by atoms with van der Waals surface area (Å²) in [7, 11) is 1.68. The van der Waals surface area contributed by atoms with Gasteiger partial charge in [0.1, 0.15) is 11.5 Å². The number of benzene rings is 2. The molecule has 0 bridgehead atoms. The van der Waals surface area contributed by atoms with Crippen molar-refractivity contribution in [1.29, 1.82) is 0 Å². The number of piperidine rings is 1. The van der Waals surface area contributed by atoms with Crippen molar-refractivity contribution in [1.82, 2.24) is 9.88 Å². The molecule has 1 aliphatic heterocycles. The molecule has 1 atom stereocenters. The molecule has 2 aromatic carbocycles. The summed E-state index contributed by atoms with van der Waals surface area (Å²) in [4.78, 5) is 18.0. The van der Waals surface area contributed by atoms with Gasteiger partial charge in [0.2, 0.25) is 0 Å². The molecular weight excluding hydrogens is 340 g/mol. The van der Waals surface area contributed by atoms with Gasteiger partial charge in [-0.3, -0.25) is 4.79 Å². The fraction of sp³-hybridized carbons (Fsp3) is 0.318. The number of likely N-dealkylation sites (tertiary alicyclic amines) is 1. The number of para-hydroxylation sites is 1. The number of nitrogens with zero attached hydrogens (tertiary/aromatic N) is 1. The molecule has 1 fully saturated rings. The lowest BCUT2D eigenvalue weighted by atomic mass is 9.94. The molecule has 1 amide bonds. The molecule has 0 spiro atoms. The molecule has 140 valence electrons. The van der Waals surface area contributed by atoms with E-state index in [9.17, 15) is 4.79 Å². The predicted molar refractivity (Wildman–Crippen MR) is 105 cm³/mol. The van der Waals surface area contributed by atoms with Crippen LogP contribution in [-0.4, -0.2) is 42.6 Å². The second-order valence-corrected chi connectivity index (χ2v) is 6.96. The third-order valence-corrected chi connectivity index (χ3v) is 5.17. The monoisotopic (exact) mass is 364 g/mol. The maximum atomic E-state index is 12.6. The summed E-state index contributed by atoms with van der Waals surface area (Å²) in [6.45, 7) is 1.60. The normalized spacial score (nSPS) is 17.1. The molecule has 0 saturated carbocycles. The van der Waals surface area contributed by atoms with Crippen LogP contribution in [-0.2, 0) is 4.79 Å². The zero-order chi connectivity index (χ0) is 18.6. The van der Waals surface area contributed by atoms with Crippen molar-refractivity contribution in [3.63, 3.8) is 0 Å². The van der Waals surface area contributed by atoms with Gasteiger partial charge in [0.15, 0.2) is 6.61 Å². The molecule has 0 radical (unpaired) electrons. The molecule has 1 N–H and O–H groups in total. The maximum Gasteiger partial charge on any atom is 0.260 e. The summed E-state index contributed by atoms with van der Waals surface area (Å²) in [5.74, 6) is 1.94. The van der Waals surface area contributed by atoms with Gasteiger partial charge in [-0.05, 0) is 49.2 Å². The van der Waals surface area contributed by atoms with E-state index in [1.165, 1.54) is 5.69 Å². The second-order valence-electron chi connectivity index (χ2n) is 6.96. The van der Waals surface area contributed by atoms with Crippen molar-refractivity contribution in [3.05, 3.63) is 60.3 Å². The fourth-order valence-corrected chi connectivity index (χ4v) is 3.69. The minimum absolute atomic E-state index is 0.0429. The smallest absolute Gasteiger partial charge is 0.260 e. The minimum atomic E-state index is 0.0429. The van der Waals surface area contributed by atoms with Crippen LogP contribution < -0.4 is 9.47 Å². The van der Waals surface area contributed by atoms with Crippen LogP contribution in [0.15, 0.2) is 54.6 Å². The van der Waals surface area contributed by atoms with Crippen LogP contribution in [0.3, 0.4) is 0 Å². The first-order chi connectivity index (χ1) is 13.2. The van der Waals surface area contributed by atoms with Gasteiger partial charge >= 0.3 is 0 Å². The maximum absolute atomic E-state index is 12.6. The quantitative estimate of drug-likeness (QED) is 0.745. The summed E-state index contributed by atoms with van der Waals surface area (Å²) in [6, 6.07) is 17.7. The first kappa shape index (κ1) is 17.5. The summed E-state index contributed by atoms with van der Waals surface area (Å²) >= 11 is 0. The fourth-order valence-electron chi connectivity index (χ4n) is 3.69. The first-order valence-electron chi connectivity index (χ1n) is 9.35. The SMILES string of the molecule is COc1ccc2[nH]c(C3CCCN(C(=O)COc4ccccc4)C3)cc2c1. The van der Waals surface area contributed by atoms with Crippen LogP contribution in [0.5, 0.6) is 11.5 Å². The molecule has 1 saturated heterocycles. The van der Waals surface area contributed by atoms with Crippen molar-refractivity contribution in [2.75, 3.05) is 26.8 Å². The number of carbonyl (C=O) groups is 1. The van der Waals surface area contributed by atoms with Gasteiger partial charge in [0.25, 0.3) is 5.91 Å². The third-order valence-electron chi connectivity index (χ3n) is 5.17. The van der Waals surface area contributed by atoms with Crippen molar-refractivity contribution < 1.29 is 14.3 Å². The summed E-state index contributed by atoms with van der Waals surface area (Å²) in [5.41, 5.74) is 2.28. The van der Waals surface area contributed by atoms with E-state index in [-0.39, 0.29) is 12.5 Å². The molecule has 2 heterocycles. The Morgan fingerprint density at radius 3 is 2.81 bits per heavy atom. The van der Waals surface area contributed by atoms with Crippen molar-refractivity contribution >= 4 is 16.8 Å². The molecular formula is C22H24N2O3. The highest BCUT2D eigenvalue weighted by Gasteiger charge is 2.26. The molecule has 5 nitrogen and oxygen atoms in total. The van der Waals surface area contributed by atoms with Gasteiger partial charge in [0, 0.05) is 35.6 Å². The lowest BCUT2D eigenvalue weighted by molar-refractivity contribution is -0.134. The van der Waals surface area contributed by atoms with E-state index in [4.69, 9.17) is 9.47 Å². The van der Waals surface area contributed by atoms with E-state index in [0.29, 0.717) is 5.92 Å². The van der Waals surface area contributed by atoms with Gasteiger partial charge in [-0.25, -0.2) is 0 Å². The molecule has 27 heavy (non-hydrogen) atoms. The number of H-pyrrole nitrogens is 1. The largest absolute Gasteiger partial charge is 0.497 e. The number of fused-ring (bicyclic) bond motifs is 1. The zero-order valence-corrected chi connectivity index (χ0v) is 15.5. The second kappa shape index (κ2) is 7.74. The van der Waals surface area contributed by atoms with E-state index in [1.54, 1.807) is 7.11 Å². The molecule has 1 aliphatic rings. The number of hydrogen-bond acceptors (Lipinski definition) is 3. The highest BCUT2D eigenvalue weighted by atomic mass is 16.5. The molecule has 0 aliphatic carbocycles. The Balaban J connectivity index is 1.42. The van der Waals surface area contributed by atoms with Crippen molar-refractivity contribution in [3.8, 4) is 11.5 Å². The molecule has 1 unspecified atom stereocenters. The van der Waals surface area contributed by atoms with Crippen LogP contribution in [0.4, 0.5) is 0 Å². The van der Waals surface area contributed by atoms with E-state index in [0.717, 1.165) is 48.3 Å². The van der Waals surface area contributed by atoms with Crippen molar-refractivity contribution in [2.24, 2.45) is 0 Å². The highest BCUT2D eigenvalue weighted by molar-refractivity contribution is 5.82. The molecule has 4 rings (SSSR count). The minimum Gasteiger partial charge on any atom is -0.497 e. The Morgan fingerprint density at radius 1 is 1.15 bits per heavy atom. The Bertz CT molecular complexity index is 920. The average molecular weight is 364 g/mol. The standard InChI is InChI=1S/C22H24N2O3/c1-26-19-9-10-20-17(12-19)13-21(23-20)16-6-5-11-24(14-16)22(25)15-27-18-7-3-2-4-8-18/h2-4,7-10,12-13,16,23H,5-6,11,14-15H2,1H3. The van der Waals surface area contributed by atoms with E-state index >= 15 is 0 Å². The number of ether oxygens (including phenoxy) is 2. The number of nitrogens with one attached hydrogen (secondary N) is 1. The Hall–Kier alpha value is -2.95. The lowest BCUT2D eigenvalue weighted by Crippen LogP contribution is -2.41. The lowest BCUT2D eigenvalue weighted by Gasteiger charge is -2.32. The number of amides is 1. The van der Waals surface area contributed by atoms with Crippen LogP contribution in [0, 0.1) is 0 Å². The average Bonchev–Trinajstić information content (AvgIpc) is 3.16. The Labute approximate surface area is 158 Å². The highest BCUT2D eigenvalue weighted by Crippen LogP contribution is 2.30. The zero-order valence-electron chi connectivity index (χ0n) is 15.5. The van der Waals surface area contributed by atoms with Crippen molar-refractivity contribution in [2.45, 2.75) is 18.8 Å². The van der Waals surface area contributed by atoms with Gasteiger partial charge in [-0.2, -0.15) is 0 Å². The Morgan fingerprint density at radius 2 is 2.00 bits per heavy atom. The number of carbonyl (C=O) groups excluding carboxylic acids is 1. The van der Waals surface area contributed by atoms with Gasteiger partial charge < -0.3 is 19.4 Å². The predicted octanol–water partition coefficient (Wildman–Crippen LogP) is 3.96. The molecule has 5 heteroatoms. The number of aromatic nitrogens is 1. The third kappa shape index (κ3) is 3.92. The number of rotatable bonds is 5. The van der Waals surface area contributed by atoms with Crippen LogP contribution >= 0.6 is 0 Å². The van der Waals surface area contributed by atoms with E-state index in [2.05, 4.69) is 11.1 Å².